The maximum atomic E-state index is 6.31. The summed E-state index contributed by atoms with van der Waals surface area (Å²) in [5.41, 5.74) is 7.37. The molecule has 112 valence electrons. The maximum Gasteiger partial charge on any atom is 0.137 e. The van der Waals surface area contributed by atoms with Crippen molar-refractivity contribution in [1.82, 2.24) is 0 Å². The van der Waals surface area contributed by atoms with Gasteiger partial charge in [-0.15, -0.1) is 0 Å². The predicted molar refractivity (Wildman–Crippen MR) is 92.3 cm³/mol. The summed E-state index contributed by atoms with van der Waals surface area (Å²) in [6.07, 6.45) is 2.36. The van der Waals surface area contributed by atoms with E-state index < -0.39 is 0 Å². The summed E-state index contributed by atoms with van der Waals surface area (Å²) in [5, 5.41) is 3.60. The highest BCUT2D eigenvalue weighted by atomic mass is 16.5. The van der Waals surface area contributed by atoms with Crippen molar-refractivity contribution in [2.75, 3.05) is 5.32 Å². The van der Waals surface area contributed by atoms with Gasteiger partial charge in [0, 0.05) is 22.4 Å². The second-order valence-corrected chi connectivity index (χ2v) is 6.89. The number of benzene rings is 2. The highest BCUT2D eigenvalue weighted by molar-refractivity contribution is 5.91. The topological polar surface area (TPSA) is 21.3 Å². The summed E-state index contributed by atoms with van der Waals surface area (Å²) >= 11 is 0. The van der Waals surface area contributed by atoms with E-state index in [0.29, 0.717) is 0 Å². The molecule has 2 nitrogen and oxygen atoms in total. The summed E-state index contributed by atoms with van der Waals surface area (Å²) in [5.74, 6) is 1.01. The van der Waals surface area contributed by atoms with E-state index in [9.17, 15) is 0 Å². The largest absolute Gasteiger partial charge is 0.485 e. The van der Waals surface area contributed by atoms with E-state index in [0.717, 1.165) is 11.4 Å². The van der Waals surface area contributed by atoms with E-state index in [1.165, 1.54) is 27.8 Å². The Morgan fingerprint density at radius 1 is 1.05 bits per heavy atom. The Morgan fingerprint density at radius 2 is 1.82 bits per heavy atom. The van der Waals surface area contributed by atoms with Gasteiger partial charge in [-0.25, -0.2) is 0 Å². The predicted octanol–water partition coefficient (Wildman–Crippen LogP) is 5.41. The molecule has 0 saturated carbocycles. The Morgan fingerprint density at radius 3 is 2.64 bits per heavy atom. The maximum absolute atomic E-state index is 6.31. The summed E-state index contributed by atoms with van der Waals surface area (Å²) in [4.78, 5) is 0. The van der Waals surface area contributed by atoms with Crippen LogP contribution >= 0.6 is 0 Å². The summed E-state index contributed by atoms with van der Waals surface area (Å²) < 4.78 is 6.31. The molecule has 2 aromatic rings. The molecule has 0 amide bonds. The number of hydrogen-bond donors (Lipinski definition) is 1. The van der Waals surface area contributed by atoms with Gasteiger partial charge in [0.25, 0.3) is 0 Å². The number of rotatable bonds is 0. The summed E-state index contributed by atoms with van der Waals surface area (Å²) in [7, 11) is 0. The van der Waals surface area contributed by atoms with Crippen molar-refractivity contribution in [1.29, 1.82) is 0 Å². The number of anilines is 1. The summed E-state index contributed by atoms with van der Waals surface area (Å²) in [6, 6.07) is 12.9. The molecule has 0 radical (unpaired) electrons. The number of fused-ring (bicyclic) bond motifs is 5. The Bertz CT molecular complexity index is 801. The molecule has 2 heteroatoms. The lowest BCUT2D eigenvalue weighted by molar-refractivity contribution is 0.222. The van der Waals surface area contributed by atoms with E-state index in [1.54, 1.807) is 0 Å². The van der Waals surface area contributed by atoms with E-state index in [4.69, 9.17) is 4.74 Å². The Kier molecular flexibility index (Phi) is 2.68. The Labute approximate surface area is 131 Å². The van der Waals surface area contributed by atoms with Gasteiger partial charge in [0.15, 0.2) is 0 Å². The SMILES string of the molecule is CC1=CC(C)(C)Nc2ccc3c(c21)OC(C)c1ccccc1-3. The number of allylic oxidation sites excluding steroid dienone is 1. The lowest BCUT2D eigenvalue weighted by Crippen LogP contribution is -2.31. The molecule has 2 aliphatic heterocycles. The van der Waals surface area contributed by atoms with Crippen LogP contribution in [0.25, 0.3) is 16.7 Å². The quantitative estimate of drug-likeness (QED) is 0.700. The number of nitrogens with one attached hydrogen (secondary N) is 1. The second kappa shape index (κ2) is 4.39. The van der Waals surface area contributed by atoms with Gasteiger partial charge >= 0.3 is 0 Å². The van der Waals surface area contributed by atoms with Crippen LogP contribution in [0.15, 0.2) is 42.5 Å². The second-order valence-electron chi connectivity index (χ2n) is 6.89. The first-order chi connectivity index (χ1) is 10.5. The molecule has 0 fully saturated rings. The molecule has 22 heavy (non-hydrogen) atoms. The van der Waals surface area contributed by atoms with Crippen molar-refractivity contribution < 1.29 is 4.74 Å². The molecule has 2 aliphatic rings. The third-order valence-electron chi connectivity index (χ3n) is 4.57. The van der Waals surface area contributed by atoms with Crippen molar-refractivity contribution in [2.45, 2.75) is 39.3 Å². The first kappa shape index (κ1) is 13.4. The molecule has 0 aromatic heterocycles. The molecule has 1 atom stereocenters. The van der Waals surface area contributed by atoms with Crippen LogP contribution in [0.4, 0.5) is 5.69 Å². The van der Waals surface area contributed by atoms with Crippen molar-refractivity contribution in [3.05, 3.63) is 53.6 Å². The molecule has 4 rings (SSSR count). The average Bonchev–Trinajstić information content (AvgIpc) is 2.45. The molecule has 1 unspecified atom stereocenters. The number of ether oxygens (including phenoxy) is 1. The van der Waals surface area contributed by atoms with Crippen molar-refractivity contribution in [3.8, 4) is 16.9 Å². The fourth-order valence-electron chi connectivity index (χ4n) is 3.75. The molecule has 0 bridgehead atoms. The van der Waals surface area contributed by atoms with Gasteiger partial charge in [-0.1, -0.05) is 30.3 Å². The van der Waals surface area contributed by atoms with Crippen LogP contribution < -0.4 is 10.1 Å². The van der Waals surface area contributed by atoms with Crippen LogP contribution in [-0.4, -0.2) is 5.54 Å². The highest BCUT2D eigenvalue weighted by Crippen LogP contribution is 2.49. The average molecular weight is 291 g/mol. The van der Waals surface area contributed by atoms with Gasteiger partial charge in [0.1, 0.15) is 11.9 Å². The smallest absolute Gasteiger partial charge is 0.137 e. The van der Waals surface area contributed by atoms with Gasteiger partial charge in [-0.3, -0.25) is 0 Å². The zero-order chi connectivity index (χ0) is 15.5. The van der Waals surface area contributed by atoms with Gasteiger partial charge < -0.3 is 10.1 Å². The van der Waals surface area contributed by atoms with Crippen LogP contribution in [-0.2, 0) is 0 Å². The minimum absolute atomic E-state index is 0.0243. The van der Waals surface area contributed by atoms with Crippen molar-refractivity contribution in [3.63, 3.8) is 0 Å². The fraction of sp³-hybridized carbons (Fsp3) is 0.300. The van der Waals surface area contributed by atoms with E-state index in [-0.39, 0.29) is 11.6 Å². The van der Waals surface area contributed by atoms with Gasteiger partial charge in [0.05, 0.1) is 5.54 Å². The van der Waals surface area contributed by atoms with Crippen LogP contribution in [0.1, 0.15) is 44.9 Å². The van der Waals surface area contributed by atoms with Gasteiger partial charge in [-0.05, 0) is 51.0 Å². The molecule has 0 spiro atoms. The molecular formula is C20H21NO. The van der Waals surface area contributed by atoms with E-state index in [2.05, 4.69) is 75.5 Å². The summed E-state index contributed by atoms with van der Waals surface area (Å²) in [6.45, 7) is 8.69. The zero-order valence-electron chi connectivity index (χ0n) is 13.5. The van der Waals surface area contributed by atoms with Crippen LogP contribution in [0.2, 0.25) is 0 Å². The molecule has 1 N–H and O–H groups in total. The van der Waals surface area contributed by atoms with Crippen LogP contribution in [0, 0.1) is 0 Å². The lowest BCUT2D eigenvalue weighted by Gasteiger charge is -2.35. The standard InChI is InChI=1S/C20H21NO/c1-12-11-20(3,4)21-17-10-9-16-15-8-6-5-7-14(15)13(2)22-19(16)18(12)17/h5-11,13,21H,1-4H3. The monoisotopic (exact) mass is 291 g/mol. The normalized spacial score (nSPS) is 20.7. The molecule has 2 heterocycles. The molecule has 2 aromatic carbocycles. The minimum Gasteiger partial charge on any atom is -0.485 e. The van der Waals surface area contributed by atoms with Gasteiger partial charge in [0.2, 0.25) is 0 Å². The Hall–Kier alpha value is -2.22. The molecular weight excluding hydrogens is 270 g/mol. The zero-order valence-corrected chi connectivity index (χ0v) is 13.5. The third-order valence-corrected chi connectivity index (χ3v) is 4.57. The molecule has 0 aliphatic carbocycles. The lowest BCUT2D eigenvalue weighted by atomic mass is 9.86. The Balaban J connectivity index is 1.99. The third kappa shape index (κ3) is 1.87. The molecule has 0 saturated heterocycles. The first-order valence-electron chi connectivity index (χ1n) is 7.87. The van der Waals surface area contributed by atoms with Crippen LogP contribution in [0.5, 0.6) is 5.75 Å². The van der Waals surface area contributed by atoms with E-state index in [1.807, 2.05) is 0 Å². The first-order valence-corrected chi connectivity index (χ1v) is 7.87. The van der Waals surface area contributed by atoms with Crippen molar-refractivity contribution >= 4 is 11.3 Å². The fourth-order valence-corrected chi connectivity index (χ4v) is 3.75. The minimum atomic E-state index is -0.0243. The highest BCUT2D eigenvalue weighted by Gasteiger charge is 2.30. The van der Waals surface area contributed by atoms with Gasteiger partial charge in [-0.2, -0.15) is 0 Å². The van der Waals surface area contributed by atoms with Crippen molar-refractivity contribution in [2.24, 2.45) is 0 Å². The van der Waals surface area contributed by atoms with Crippen LogP contribution in [0.3, 0.4) is 0 Å². The van der Waals surface area contributed by atoms with E-state index >= 15 is 0 Å². The number of hydrogen-bond acceptors (Lipinski definition) is 2.